The Morgan fingerprint density at radius 2 is 1.08 bits per heavy atom. The normalized spacial score (nSPS) is 11.9. The van der Waals surface area contributed by atoms with Gasteiger partial charge in [0.25, 0.3) is 0 Å². The van der Waals surface area contributed by atoms with E-state index in [1.807, 2.05) is 11.3 Å². The molecule has 0 radical (unpaired) electrons. The molecule has 0 fully saturated rings. The predicted molar refractivity (Wildman–Crippen MR) is 219 cm³/mol. The first-order valence-electron chi connectivity index (χ1n) is 17.3. The molecular formula is C48H29NOS. The molecule has 0 aliphatic heterocycles. The van der Waals surface area contributed by atoms with E-state index in [-0.39, 0.29) is 0 Å². The van der Waals surface area contributed by atoms with Crippen molar-refractivity contribution in [2.75, 3.05) is 4.90 Å². The van der Waals surface area contributed by atoms with Crippen molar-refractivity contribution in [2.45, 2.75) is 0 Å². The summed E-state index contributed by atoms with van der Waals surface area (Å²) in [5.41, 5.74) is 7.65. The Hall–Kier alpha value is -6.42. The van der Waals surface area contributed by atoms with Gasteiger partial charge in [0.1, 0.15) is 11.2 Å². The Labute approximate surface area is 298 Å². The third kappa shape index (κ3) is 4.42. The molecule has 0 unspecified atom stereocenters. The van der Waals surface area contributed by atoms with Crippen LogP contribution in [0.5, 0.6) is 0 Å². The highest BCUT2D eigenvalue weighted by molar-refractivity contribution is 7.26. The smallest absolute Gasteiger partial charge is 0.144 e. The summed E-state index contributed by atoms with van der Waals surface area (Å²) in [5.74, 6) is 0. The number of anilines is 3. The van der Waals surface area contributed by atoms with Gasteiger partial charge in [-0.2, -0.15) is 0 Å². The summed E-state index contributed by atoms with van der Waals surface area (Å²) in [6.45, 7) is 0. The molecule has 0 bridgehead atoms. The molecule has 2 aromatic heterocycles. The van der Waals surface area contributed by atoms with E-state index in [1.54, 1.807) is 0 Å². The first-order valence-corrected chi connectivity index (χ1v) is 18.1. The van der Waals surface area contributed by atoms with Crippen LogP contribution in [0.2, 0.25) is 0 Å². The van der Waals surface area contributed by atoms with Crippen molar-refractivity contribution in [2.24, 2.45) is 0 Å². The first-order chi connectivity index (χ1) is 25.3. The Morgan fingerprint density at radius 1 is 0.412 bits per heavy atom. The van der Waals surface area contributed by atoms with Crippen LogP contribution in [-0.4, -0.2) is 0 Å². The molecule has 0 N–H and O–H groups in total. The van der Waals surface area contributed by atoms with Gasteiger partial charge in [0.2, 0.25) is 0 Å². The Kier molecular flexibility index (Phi) is 6.16. The van der Waals surface area contributed by atoms with Crippen LogP contribution in [0.4, 0.5) is 17.1 Å². The minimum absolute atomic E-state index is 0.920. The quantitative estimate of drug-likeness (QED) is 0.186. The van der Waals surface area contributed by atoms with E-state index in [2.05, 4.69) is 181 Å². The van der Waals surface area contributed by atoms with Crippen molar-refractivity contribution < 1.29 is 4.42 Å². The zero-order valence-electron chi connectivity index (χ0n) is 27.5. The largest absolute Gasteiger partial charge is 0.455 e. The van der Waals surface area contributed by atoms with E-state index < -0.39 is 0 Å². The molecule has 11 aromatic rings. The van der Waals surface area contributed by atoms with Gasteiger partial charge in [-0.15, -0.1) is 11.3 Å². The maximum atomic E-state index is 6.83. The highest BCUT2D eigenvalue weighted by Gasteiger charge is 2.22. The molecule has 0 saturated carbocycles. The molecule has 2 heterocycles. The van der Waals surface area contributed by atoms with Gasteiger partial charge in [0, 0.05) is 42.3 Å². The van der Waals surface area contributed by atoms with E-state index in [0.717, 1.165) is 39.0 Å². The molecule has 51 heavy (non-hydrogen) atoms. The number of hydrogen-bond donors (Lipinski definition) is 0. The van der Waals surface area contributed by atoms with Gasteiger partial charge < -0.3 is 9.32 Å². The third-order valence-electron chi connectivity index (χ3n) is 10.4. The lowest BCUT2D eigenvalue weighted by Crippen LogP contribution is -2.10. The summed E-state index contributed by atoms with van der Waals surface area (Å²) in [6.07, 6.45) is 0. The van der Waals surface area contributed by atoms with E-state index >= 15 is 0 Å². The van der Waals surface area contributed by atoms with Gasteiger partial charge in [0.05, 0.1) is 5.69 Å². The lowest BCUT2D eigenvalue weighted by atomic mass is 9.98. The molecule has 9 aromatic carbocycles. The maximum absolute atomic E-state index is 6.83. The predicted octanol–water partition coefficient (Wildman–Crippen LogP) is 14.6. The standard InChI is InChI=1S/C48H29NOS/c1-2-11-33-27-37(24-19-30(33)9-1)49(36-22-20-32(21-23-36)39-16-7-14-31-10-5-6-15-38(31)39)42-17-8-18-44-46(42)47-45(51-44)26-25-40-41-28-34-12-3-4-13-35(34)29-43(41)50-48(40)47/h1-29H. The molecular weight excluding hydrogens is 639 g/mol. The number of nitrogens with zero attached hydrogens (tertiary/aromatic N) is 1. The topological polar surface area (TPSA) is 16.4 Å². The fraction of sp³-hybridized carbons (Fsp3) is 0. The van der Waals surface area contributed by atoms with Crippen LogP contribution in [0.3, 0.4) is 0 Å². The molecule has 0 saturated heterocycles. The van der Waals surface area contributed by atoms with Crippen molar-refractivity contribution in [1.29, 1.82) is 0 Å². The third-order valence-corrected chi connectivity index (χ3v) is 11.5. The fourth-order valence-corrected chi connectivity index (χ4v) is 9.12. The zero-order chi connectivity index (χ0) is 33.5. The van der Waals surface area contributed by atoms with Gasteiger partial charge >= 0.3 is 0 Å². The number of thiophene rings is 1. The molecule has 0 amide bonds. The lowest BCUT2D eigenvalue weighted by Gasteiger charge is -2.27. The zero-order valence-corrected chi connectivity index (χ0v) is 28.3. The first kappa shape index (κ1) is 28.4. The Morgan fingerprint density at radius 3 is 1.92 bits per heavy atom. The maximum Gasteiger partial charge on any atom is 0.144 e. The second-order valence-electron chi connectivity index (χ2n) is 13.3. The second kappa shape index (κ2) is 11.0. The van der Waals surface area contributed by atoms with E-state index in [9.17, 15) is 0 Å². The van der Waals surface area contributed by atoms with E-state index in [4.69, 9.17) is 4.42 Å². The van der Waals surface area contributed by atoms with Crippen LogP contribution >= 0.6 is 11.3 Å². The van der Waals surface area contributed by atoms with Crippen molar-refractivity contribution in [3.05, 3.63) is 176 Å². The number of benzene rings is 9. The molecule has 3 heteroatoms. The number of rotatable bonds is 4. The van der Waals surface area contributed by atoms with Crippen LogP contribution < -0.4 is 4.90 Å². The highest BCUT2D eigenvalue weighted by atomic mass is 32.1. The van der Waals surface area contributed by atoms with Crippen molar-refractivity contribution in [3.63, 3.8) is 0 Å². The van der Waals surface area contributed by atoms with Gasteiger partial charge in [0.15, 0.2) is 0 Å². The van der Waals surface area contributed by atoms with Gasteiger partial charge in [-0.05, 0) is 104 Å². The fourth-order valence-electron chi connectivity index (χ4n) is 8.00. The minimum atomic E-state index is 0.920. The SMILES string of the molecule is c1ccc2cc(N(c3ccc(-c4cccc5ccccc45)cc3)c3cccc4sc5ccc6c7cc8ccccc8cc7oc6c5c34)ccc2c1. The number of furan rings is 1. The van der Waals surface area contributed by atoms with Gasteiger partial charge in [-0.1, -0.05) is 115 Å². The van der Waals surface area contributed by atoms with Crippen LogP contribution in [0.25, 0.3) is 85.6 Å². The monoisotopic (exact) mass is 667 g/mol. The van der Waals surface area contributed by atoms with Crippen molar-refractivity contribution in [1.82, 2.24) is 0 Å². The number of hydrogen-bond acceptors (Lipinski definition) is 3. The molecule has 2 nitrogen and oxygen atoms in total. The molecule has 238 valence electrons. The summed E-state index contributed by atoms with van der Waals surface area (Å²) in [4.78, 5) is 2.42. The molecule has 0 atom stereocenters. The van der Waals surface area contributed by atoms with Gasteiger partial charge in [-0.25, -0.2) is 0 Å². The molecule has 11 rings (SSSR count). The van der Waals surface area contributed by atoms with Gasteiger partial charge in [-0.3, -0.25) is 0 Å². The molecule has 0 aliphatic carbocycles. The van der Waals surface area contributed by atoms with Crippen molar-refractivity contribution in [3.8, 4) is 11.1 Å². The van der Waals surface area contributed by atoms with Crippen LogP contribution in [0.1, 0.15) is 0 Å². The minimum Gasteiger partial charge on any atom is -0.455 e. The van der Waals surface area contributed by atoms with Crippen LogP contribution in [-0.2, 0) is 0 Å². The summed E-state index contributed by atoms with van der Waals surface area (Å²) in [5, 5.41) is 12.0. The van der Waals surface area contributed by atoms with E-state index in [1.165, 1.54) is 63.6 Å². The summed E-state index contributed by atoms with van der Waals surface area (Å²) >= 11 is 1.83. The Balaban J connectivity index is 1.17. The average molecular weight is 668 g/mol. The van der Waals surface area contributed by atoms with E-state index in [0.29, 0.717) is 0 Å². The molecule has 0 aliphatic rings. The van der Waals surface area contributed by atoms with Crippen LogP contribution in [0, 0.1) is 0 Å². The van der Waals surface area contributed by atoms with Crippen LogP contribution in [0.15, 0.2) is 180 Å². The summed E-state index contributed by atoms with van der Waals surface area (Å²) in [6, 6.07) is 63.8. The average Bonchev–Trinajstić information content (AvgIpc) is 3.75. The lowest BCUT2D eigenvalue weighted by molar-refractivity contribution is 0.673. The summed E-state index contributed by atoms with van der Waals surface area (Å²) < 4.78 is 9.29. The molecule has 0 spiro atoms. The number of fused-ring (bicyclic) bond motifs is 10. The second-order valence-corrected chi connectivity index (χ2v) is 14.4. The highest BCUT2D eigenvalue weighted by Crippen LogP contribution is 2.49. The Bertz CT molecular complexity index is 3140. The van der Waals surface area contributed by atoms with Crippen molar-refractivity contribution >= 4 is 103 Å². The summed E-state index contributed by atoms with van der Waals surface area (Å²) in [7, 11) is 0.